The lowest BCUT2D eigenvalue weighted by Crippen LogP contribution is -2.12. The highest BCUT2D eigenvalue weighted by atomic mass is 16.3. The highest BCUT2D eigenvalue weighted by Gasteiger charge is 2.17. The molecule has 0 aliphatic heterocycles. The average molecular weight is 234 g/mol. The lowest BCUT2D eigenvalue weighted by atomic mass is 9.93. The number of hydrogen-bond acceptors (Lipinski definition) is 3. The van der Waals surface area contributed by atoms with Crippen LogP contribution in [0.4, 0.5) is 0 Å². The molecule has 0 bridgehead atoms. The van der Waals surface area contributed by atoms with Crippen molar-refractivity contribution in [3.8, 4) is 5.82 Å². The Hall–Kier alpha value is -1.62. The van der Waals surface area contributed by atoms with Crippen molar-refractivity contribution in [1.82, 2.24) is 19.3 Å². The summed E-state index contributed by atoms with van der Waals surface area (Å²) in [5, 5.41) is 13.3. The van der Waals surface area contributed by atoms with Gasteiger partial charge in [0, 0.05) is 24.4 Å². The zero-order valence-electron chi connectivity index (χ0n) is 10.5. The smallest absolute Gasteiger partial charge is 0.171 e. The summed E-state index contributed by atoms with van der Waals surface area (Å²) >= 11 is 0. The summed E-state index contributed by atoms with van der Waals surface area (Å²) in [6.07, 6.45) is 5.48. The van der Waals surface area contributed by atoms with E-state index in [4.69, 9.17) is 5.11 Å². The minimum atomic E-state index is 0.0406. The predicted octanol–water partition coefficient (Wildman–Crippen LogP) is 1.36. The summed E-state index contributed by atoms with van der Waals surface area (Å²) in [6.45, 7) is 7.06. The second kappa shape index (κ2) is 4.33. The van der Waals surface area contributed by atoms with E-state index in [1.54, 1.807) is 11.0 Å². The van der Waals surface area contributed by atoms with Crippen LogP contribution in [-0.4, -0.2) is 31.0 Å². The van der Waals surface area contributed by atoms with E-state index in [1.807, 2.05) is 23.0 Å². The highest BCUT2D eigenvalue weighted by molar-refractivity contribution is 5.20. The van der Waals surface area contributed by atoms with E-state index in [1.165, 1.54) is 0 Å². The van der Waals surface area contributed by atoms with Gasteiger partial charge < -0.3 is 9.67 Å². The molecular formula is C12H18N4O. The first-order chi connectivity index (χ1) is 8.00. The summed E-state index contributed by atoms with van der Waals surface area (Å²) in [7, 11) is 0. The van der Waals surface area contributed by atoms with Gasteiger partial charge in [-0.3, -0.25) is 0 Å². The molecule has 0 saturated heterocycles. The molecule has 5 heteroatoms. The molecule has 0 aromatic carbocycles. The Bertz CT molecular complexity index is 493. The lowest BCUT2D eigenvalue weighted by Gasteiger charge is -2.13. The molecule has 2 aromatic heterocycles. The van der Waals surface area contributed by atoms with Crippen LogP contribution >= 0.6 is 0 Å². The van der Waals surface area contributed by atoms with Crippen LogP contribution in [0.3, 0.4) is 0 Å². The number of nitrogens with zero attached hydrogens (tertiary/aromatic N) is 4. The van der Waals surface area contributed by atoms with Crippen LogP contribution in [0.25, 0.3) is 5.82 Å². The number of aliphatic hydroxyl groups excluding tert-OH is 1. The van der Waals surface area contributed by atoms with E-state index in [9.17, 15) is 0 Å². The molecular weight excluding hydrogens is 216 g/mol. The Kier molecular flexibility index (Phi) is 3.02. The Labute approximate surface area is 101 Å². The molecule has 0 saturated carbocycles. The molecule has 92 valence electrons. The van der Waals surface area contributed by atoms with Crippen LogP contribution in [-0.2, 0) is 12.0 Å². The molecule has 2 aromatic rings. The van der Waals surface area contributed by atoms with Gasteiger partial charge in [0.2, 0.25) is 0 Å². The predicted molar refractivity (Wildman–Crippen MR) is 65.1 cm³/mol. The van der Waals surface area contributed by atoms with Gasteiger partial charge in [-0.1, -0.05) is 20.8 Å². The van der Waals surface area contributed by atoms with Crippen molar-refractivity contribution in [3.63, 3.8) is 0 Å². The van der Waals surface area contributed by atoms with Crippen LogP contribution < -0.4 is 0 Å². The fourth-order valence-electron chi connectivity index (χ4n) is 1.56. The number of aliphatic hydroxyl groups is 1. The van der Waals surface area contributed by atoms with E-state index >= 15 is 0 Å². The number of hydrogen-bond donors (Lipinski definition) is 1. The molecule has 0 fully saturated rings. The van der Waals surface area contributed by atoms with Crippen molar-refractivity contribution in [2.24, 2.45) is 0 Å². The SMILES string of the molecule is CC(C)(C)c1ccn(-c2cn(CCO)cn2)n1. The fourth-order valence-corrected chi connectivity index (χ4v) is 1.56. The van der Waals surface area contributed by atoms with Crippen molar-refractivity contribution in [2.45, 2.75) is 32.7 Å². The van der Waals surface area contributed by atoms with Crippen LogP contribution in [0.1, 0.15) is 26.5 Å². The summed E-state index contributed by atoms with van der Waals surface area (Å²) in [5.41, 5.74) is 1.08. The molecule has 0 atom stereocenters. The van der Waals surface area contributed by atoms with Gasteiger partial charge in [-0.15, -0.1) is 0 Å². The minimum Gasteiger partial charge on any atom is -0.395 e. The van der Waals surface area contributed by atoms with Crippen LogP contribution in [0.5, 0.6) is 0 Å². The van der Waals surface area contributed by atoms with E-state index in [0.29, 0.717) is 6.54 Å². The monoisotopic (exact) mass is 234 g/mol. The first-order valence-electron chi connectivity index (χ1n) is 5.70. The van der Waals surface area contributed by atoms with Crippen molar-refractivity contribution in [1.29, 1.82) is 0 Å². The lowest BCUT2D eigenvalue weighted by molar-refractivity contribution is 0.276. The maximum atomic E-state index is 8.84. The molecule has 0 aliphatic carbocycles. The zero-order valence-corrected chi connectivity index (χ0v) is 10.5. The number of aromatic nitrogens is 4. The average Bonchev–Trinajstić information content (AvgIpc) is 2.82. The van der Waals surface area contributed by atoms with Gasteiger partial charge in [0.1, 0.15) is 0 Å². The third-order valence-electron chi connectivity index (χ3n) is 2.57. The van der Waals surface area contributed by atoms with Gasteiger partial charge in [-0.2, -0.15) is 5.10 Å². The molecule has 0 spiro atoms. The first-order valence-corrected chi connectivity index (χ1v) is 5.70. The standard InChI is InChI=1S/C12H18N4O/c1-12(2,3)10-4-5-16(14-10)11-8-15(6-7-17)9-13-11/h4-5,8-9,17H,6-7H2,1-3H3. The molecule has 0 radical (unpaired) electrons. The van der Waals surface area contributed by atoms with Crippen molar-refractivity contribution in [3.05, 3.63) is 30.5 Å². The molecule has 0 aliphatic rings. The second-order valence-corrected chi connectivity index (χ2v) is 5.09. The van der Waals surface area contributed by atoms with Gasteiger partial charge >= 0.3 is 0 Å². The fraction of sp³-hybridized carbons (Fsp3) is 0.500. The van der Waals surface area contributed by atoms with E-state index in [-0.39, 0.29) is 12.0 Å². The van der Waals surface area contributed by atoms with Crippen molar-refractivity contribution in [2.75, 3.05) is 6.61 Å². The van der Waals surface area contributed by atoms with Gasteiger partial charge in [0.05, 0.1) is 18.6 Å². The zero-order chi connectivity index (χ0) is 12.5. The van der Waals surface area contributed by atoms with Crippen molar-refractivity contribution >= 4 is 0 Å². The Balaban J connectivity index is 2.24. The molecule has 2 heterocycles. The van der Waals surface area contributed by atoms with E-state index < -0.39 is 0 Å². The molecule has 2 rings (SSSR count). The van der Waals surface area contributed by atoms with Crippen LogP contribution in [0.15, 0.2) is 24.8 Å². The normalized spacial score (nSPS) is 12.0. The van der Waals surface area contributed by atoms with Gasteiger partial charge in [0.25, 0.3) is 0 Å². The largest absolute Gasteiger partial charge is 0.395 e. The van der Waals surface area contributed by atoms with Crippen LogP contribution in [0, 0.1) is 0 Å². The van der Waals surface area contributed by atoms with Crippen molar-refractivity contribution < 1.29 is 5.11 Å². The number of rotatable bonds is 3. The van der Waals surface area contributed by atoms with Crippen LogP contribution in [0.2, 0.25) is 0 Å². The number of imidazole rings is 1. The highest BCUT2D eigenvalue weighted by Crippen LogP contribution is 2.20. The molecule has 17 heavy (non-hydrogen) atoms. The third kappa shape index (κ3) is 2.55. The second-order valence-electron chi connectivity index (χ2n) is 5.09. The quantitative estimate of drug-likeness (QED) is 0.872. The maximum Gasteiger partial charge on any atom is 0.171 e. The van der Waals surface area contributed by atoms with E-state index in [2.05, 4.69) is 30.9 Å². The van der Waals surface area contributed by atoms with Gasteiger partial charge in [-0.25, -0.2) is 9.67 Å². The third-order valence-corrected chi connectivity index (χ3v) is 2.57. The molecule has 1 N–H and O–H groups in total. The minimum absolute atomic E-state index is 0.0406. The summed E-state index contributed by atoms with van der Waals surface area (Å²) < 4.78 is 3.60. The Morgan fingerprint density at radius 3 is 2.71 bits per heavy atom. The van der Waals surface area contributed by atoms with Gasteiger partial charge in [0.15, 0.2) is 5.82 Å². The Morgan fingerprint density at radius 1 is 1.35 bits per heavy atom. The Morgan fingerprint density at radius 2 is 2.12 bits per heavy atom. The first kappa shape index (κ1) is 11.9. The maximum absolute atomic E-state index is 8.84. The van der Waals surface area contributed by atoms with Gasteiger partial charge in [-0.05, 0) is 6.07 Å². The topological polar surface area (TPSA) is 55.9 Å². The molecule has 0 amide bonds. The molecule has 0 unspecified atom stereocenters. The summed E-state index contributed by atoms with van der Waals surface area (Å²) in [6, 6.07) is 2.01. The molecule has 5 nitrogen and oxygen atoms in total. The summed E-state index contributed by atoms with van der Waals surface area (Å²) in [5.74, 6) is 0.772. The van der Waals surface area contributed by atoms with E-state index in [0.717, 1.165) is 11.5 Å². The summed E-state index contributed by atoms with van der Waals surface area (Å²) in [4.78, 5) is 4.25.